The quantitative estimate of drug-likeness (QED) is 0.270. The van der Waals surface area contributed by atoms with Gasteiger partial charge in [0.05, 0.1) is 31.7 Å². The molecular weight excluding hydrogens is 544 g/mol. The molecule has 2 heterocycles. The number of amides is 2. The topological polar surface area (TPSA) is 94.9 Å². The van der Waals surface area contributed by atoms with E-state index < -0.39 is 0 Å². The molecule has 2 amide bonds. The minimum absolute atomic E-state index is 0.110. The SMILES string of the molecule is COc1ccc(-n2cc(-c3ccc(Cl)cc3)nc2NC(=O)CN(C[C@@H]2CCCO2)C(=O)c2ccccc2)cc1OC. The summed E-state index contributed by atoms with van der Waals surface area (Å²) in [6.45, 7) is 0.810. The minimum atomic E-state index is -0.387. The van der Waals surface area contributed by atoms with E-state index in [1.54, 1.807) is 67.3 Å². The van der Waals surface area contributed by atoms with E-state index in [9.17, 15) is 9.59 Å². The van der Waals surface area contributed by atoms with Crippen LogP contribution in [0.4, 0.5) is 5.95 Å². The maximum absolute atomic E-state index is 13.5. The Balaban J connectivity index is 1.45. The number of carbonyl (C=O) groups excluding carboxylic acids is 2. The van der Waals surface area contributed by atoms with Crippen LogP contribution in [-0.4, -0.2) is 66.3 Å². The van der Waals surface area contributed by atoms with Crippen molar-refractivity contribution in [1.29, 1.82) is 0 Å². The van der Waals surface area contributed by atoms with E-state index in [2.05, 4.69) is 5.32 Å². The molecule has 0 unspecified atom stereocenters. The lowest BCUT2D eigenvalue weighted by molar-refractivity contribution is -0.117. The van der Waals surface area contributed by atoms with Gasteiger partial charge in [0, 0.05) is 41.6 Å². The Morgan fingerprint density at radius 1 is 1.05 bits per heavy atom. The van der Waals surface area contributed by atoms with Crippen LogP contribution in [0.25, 0.3) is 16.9 Å². The number of anilines is 1. The molecule has 4 aromatic rings. The molecule has 0 spiro atoms. The van der Waals surface area contributed by atoms with E-state index in [1.807, 2.05) is 30.5 Å². The number of rotatable bonds is 10. The highest BCUT2D eigenvalue weighted by Gasteiger charge is 2.26. The number of halogens is 1. The summed E-state index contributed by atoms with van der Waals surface area (Å²) in [6, 6.07) is 21.6. The number of imidazole rings is 1. The fourth-order valence-corrected chi connectivity index (χ4v) is 4.88. The third kappa shape index (κ3) is 6.70. The first kappa shape index (κ1) is 28.2. The zero-order valence-corrected chi connectivity index (χ0v) is 23.6. The monoisotopic (exact) mass is 574 g/mol. The van der Waals surface area contributed by atoms with Gasteiger partial charge in [-0.25, -0.2) is 4.98 Å². The molecule has 1 saturated heterocycles. The molecule has 9 nitrogen and oxygen atoms in total. The summed E-state index contributed by atoms with van der Waals surface area (Å²) in [7, 11) is 3.13. The standard InChI is InChI=1S/C31H31ClN4O5/c1-39-27-15-14-24(17-28(27)40-2)36-19-26(21-10-12-23(32)13-11-21)33-31(36)34-29(37)20-35(18-25-9-6-16-41-25)30(38)22-7-4-3-5-8-22/h3-5,7-8,10-15,17,19,25H,6,9,16,18,20H2,1-2H3,(H,33,34,37)/t25-/m0/s1. The number of aromatic nitrogens is 2. The van der Waals surface area contributed by atoms with Crippen LogP contribution in [0.5, 0.6) is 11.5 Å². The van der Waals surface area contributed by atoms with Gasteiger partial charge >= 0.3 is 0 Å². The second-order valence-electron chi connectivity index (χ2n) is 9.60. The molecule has 1 aromatic heterocycles. The van der Waals surface area contributed by atoms with E-state index in [-0.39, 0.29) is 30.4 Å². The molecule has 1 atom stereocenters. The summed E-state index contributed by atoms with van der Waals surface area (Å²) in [4.78, 5) is 33.1. The van der Waals surface area contributed by atoms with E-state index in [4.69, 9.17) is 30.8 Å². The molecule has 0 aliphatic carbocycles. The first-order chi connectivity index (χ1) is 19.9. The highest BCUT2D eigenvalue weighted by atomic mass is 35.5. The minimum Gasteiger partial charge on any atom is -0.493 e. The van der Waals surface area contributed by atoms with Crippen molar-refractivity contribution in [2.24, 2.45) is 0 Å². The third-order valence-corrected chi connectivity index (χ3v) is 7.08. The highest BCUT2D eigenvalue weighted by molar-refractivity contribution is 6.30. The molecule has 0 saturated carbocycles. The molecule has 5 rings (SSSR count). The number of hydrogen-bond acceptors (Lipinski definition) is 6. The number of nitrogens with zero attached hydrogens (tertiary/aromatic N) is 3. The molecule has 0 radical (unpaired) electrons. The first-order valence-corrected chi connectivity index (χ1v) is 13.7. The van der Waals surface area contributed by atoms with Gasteiger partial charge in [0.2, 0.25) is 11.9 Å². The Labute approximate surface area is 243 Å². The second-order valence-corrected chi connectivity index (χ2v) is 10.0. The Kier molecular flexibility index (Phi) is 8.86. The molecule has 1 aliphatic heterocycles. The third-order valence-electron chi connectivity index (χ3n) is 6.83. The first-order valence-electron chi connectivity index (χ1n) is 13.3. The predicted octanol–water partition coefficient (Wildman–Crippen LogP) is 5.47. The molecule has 212 valence electrons. The molecule has 0 bridgehead atoms. The van der Waals surface area contributed by atoms with Gasteiger partial charge in [-0.3, -0.25) is 19.5 Å². The maximum atomic E-state index is 13.5. The summed E-state index contributed by atoms with van der Waals surface area (Å²) >= 11 is 6.09. The van der Waals surface area contributed by atoms with Gasteiger partial charge in [-0.05, 0) is 49.2 Å². The second kappa shape index (κ2) is 12.9. The Bertz CT molecular complexity index is 1500. The van der Waals surface area contributed by atoms with Crippen molar-refractivity contribution in [3.05, 3.63) is 89.6 Å². The lowest BCUT2D eigenvalue weighted by Gasteiger charge is -2.25. The predicted molar refractivity (Wildman–Crippen MR) is 157 cm³/mol. The van der Waals surface area contributed by atoms with Crippen molar-refractivity contribution in [2.45, 2.75) is 18.9 Å². The highest BCUT2D eigenvalue weighted by Crippen LogP contribution is 2.32. The average molecular weight is 575 g/mol. The summed E-state index contributed by atoms with van der Waals surface area (Å²) in [6.07, 6.45) is 3.48. The summed E-state index contributed by atoms with van der Waals surface area (Å²) in [5.41, 5.74) is 2.66. The van der Waals surface area contributed by atoms with Gasteiger partial charge in [0.1, 0.15) is 6.54 Å². The van der Waals surface area contributed by atoms with E-state index in [1.165, 1.54) is 4.90 Å². The van der Waals surface area contributed by atoms with Gasteiger partial charge in [-0.15, -0.1) is 0 Å². The van der Waals surface area contributed by atoms with Crippen molar-refractivity contribution in [3.8, 4) is 28.4 Å². The molecule has 41 heavy (non-hydrogen) atoms. The Morgan fingerprint density at radius 2 is 1.80 bits per heavy atom. The summed E-state index contributed by atoms with van der Waals surface area (Å²) < 4.78 is 18.4. The largest absolute Gasteiger partial charge is 0.493 e. The average Bonchev–Trinajstić information content (AvgIpc) is 3.67. The van der Waals surface area contributed by atoms with Crippen LogP contribution in [-0.2, 0) is 9.53 Å². The summed E-state index contributed by atoms with van der Waals surface area (Å²) in [5, 5.41) is 3.53. The van der Waals surface area contributed by atoms with Crippen molar-refractivity contribution < 1.29 is 23.8 Å². The number of nitrogens with one attached hydrogen (secondary N) is 1. The van der Waals surface area contributed by atoms with Crippen molar-refractivity contribution in [1.82, 2.24) is 14.5 Å². The van der Waals surface area contributed by atoms with E-state index >= 15 is 0 Å². The molecular formula is C31H31ClN4O5. The lowest BCUT2D eigenvalue weighted by atomic mass is 10.1. The summed E-state index contributed by atoms with van der Waals surface area (Å²) in [5.74, 6) is 0.768. The number of hydrogen-bond donors (Lipinski definition) is 1. The number of carbonyl (C=O) groups is 2. The molecule has 1 aliphatic rings. The van der Waals surface area contributed by atoms with Crippen LogP contribution < -0.4 is 14.8 Å². The van der Waals surface area contributed by atoms with Crippen molar-refractivity contribution in [3.63, 3.8) is 0 Å². The Hall–Kier alpha value is -4.34. The normalized spacial score (nSPS) is 14.5. The zero-order chi connectivity index (χ0) is 28.8. The number of benzene rings is 3. The number of methoxy groups -OCH3 is 2. The fourth-order valence-electron chi connectivity index (χ4n) is 4.75. The number of ether oxygens (including phenoxy) is 3. The maximum Gasteiger partial charge on any atom is 0.254 e. The smallest absolute Gasteiger partial charge is 0.254 e. The molecule has 1 fully saturated rings. The van der Waals surface area contributed by atoms with Gasteiger partial charge < -0.3 is 19.1 Å². The van der Waals surface area contributed by atoms with Crippen LogP contribution in [0, 0.1) is 0 Å². The van der Waals surface area contributed by atoms with E-state index in [0.29, 0.717) is 46.6 Å². The van der Waals surface area contributed by atoms with Crippen LogP contribution >= 0.6 is 11.6 Å². The molecule has 3 aromatic carbocycles. The van der Waals surface area contributed by atoms with Gasteiger partial charge in [-0.1, -0.05) is 41.9 Å². The fraction of sp³-hybridized carbons (Fsp3) is 0.258. The van der Waals surface area contributed by atoms with Gasteiger partial charge in [-0.2, -0.15) is 0 Å². The van der Waals surface area contributed by atoms with Crippen LogP contribution in [0.3, 0.4) is 0 Å². The molecule has 10 heteroatoms. The van der Waals surface area contributed by atoms with Crippen LogP contribution in [0.15, 0.2) is 79.0 Å². The van der Waals surface area contributed by atoms with Crippen LogP contribution in [0.2, 0.25) is 5.02 Å². The Morgan fingerprint density at radius 3 is 2.49 bits per heavy atom. The van der Waals surface area contributed by atoms with Crippen LogP contribution in [0.1, 0.15) is 23.2 Å². The van der Waals surface area contributed by atoms with Crippen molar-refractivity contribution in [2.75, 3.05) is 39.2 Å². The van der Waals surface area contributed by atoms with E-state index in [0.717, 1.165) is 18.4 Å². The zero-order valence-electron chi connectivity index (χ0n) is 22.9. The molecule has 1 N–H and O–H groups in total. The van der Waals surface area contributed by atoms with Gasteiger partial charge in [0.25, 0.3) is 5.91 Å². The van der Waals surface area contributed by atoms with Gasteiger partial charge in [0.15, 0.2) is 11.5 Å². The lowest BCUT2D eigenvalue weighted by Crippen LogP contribution is -2.42. The van der Waals surface area contributed by atoms with Crippen molar-refractivity contribution >= 4 is 29.4 Å².